The first-order valence-electron chi connectivity index (χ1n) is 6.05. The number of hydrogen-bond acceptors (Lipinski definition) is 1. The third-order valence-corrected chi connectivity index (χ3v) is 3.02. The number of furan rings is 1. The lowest BCUT2D eigenvalue weighted by atomic mass is 10.0. The van der Waals surface area contributed by atoms with Crippen LogP contribution in [-0.4, -0.2) is 0 Å². The average molecular weight is 234 g/mol. The molecule has 0 bridgehead atoms. The van der Waals surface area contributed by atoms with E-state index in [2.05, 4.69) is 48.5 Å². The van der Waals surface area contributed by atoms with E-state index in [1.165, 1.54) is 11.1 Å². The van der Waals surface area contributed by atoms with Crippen LogP contribution < -0.4 is 0 Å². The molecule has 0 aliphatic rings. The Morgan fingerprint density at radius 1 is 0.611 bits per heavy atom. The van der Waals surface area contributed by atoms with Gasteiger partial charge in [0.25, 0.3) is 0 Å². The molecule has 88 valence electrons. The molecule has 0 fully saturated rings. The first-order valence-corrected chi connectivity index (χ1v) is 6.05. The van der Waals surface area contributed by atoms with Crippen LogP contribution in [0.3, 0.4) is 0 Å². The predicted octanol–water partition coefficient (Wildman–Crippen LogP) is 4.92. The topological polar surface area (TPSA) is 13.1 Å². The first-order chi connectivity index (χ1) is 8.83. The molecule has 0 N–H and O–H groups in total. The second-order valence-corrected chi connectivity index (χ2v) is 4.35. The molecule has 0 saturated carbocycles. The maximum atomic E-state index is 5.62. The molecule has 0 aliphatic heterocycles. The lowest BCUT2D eigenvalue weighted by Crippen LogP contribution is -1.78. The number of benzene rings is 2. The van der Waals surface area contributed by atoms with E-state index in [9.17, 15) is 0 Å². The summed E-state index contributed by atoms with van der Waals surface area (Å²) in [6.45, 7) is 1.96. The summed E-state index contributed by atoms with van der Waals surface area (Å²) in [6, 6.07) is 22.8. The monoisotopic (exact) mass is 234 g/mol. The molecule has 3 rings (SSSR count). The molecule has 0 spiro atoms. The van der Waals surface area contributed by atoms with Gasteiger partial charge in [-0.05, 0) is 30.2 Å². The highest BCUT2D eigenvalue weighted by molar-refractivity contribution is 5.68. The van der Waals surface area contributed by atoms with Crippen molar-refractivity contribution in [2.24, 2.45) is 0 Å². The van der Waals surface area contributed by atoms with Crippen LogP contribution in [0.2, 0.25) is 0 Å². The Kier molecular flexibility index (Phi) is 2.73. The second-order valence-electron chi connectivity index (χ2n) is 4.35. The van der Waals surface area contributed by atoms with Gasteiger partial charge in [-0.3, -0.25) is 0 Å². The summed E-state index contributed by atoms with van der Waals surface area (Å²) in [5.41, 5.74) is 3.57. The van der Waals surface area contributed by atoms with Gasteiger partial charge in [0.1, 0.15) is 11.5 Å². The minimum absolute atomic E-state index is 0.923. The molecule has 0 atom stereocenters. The van der Waals surface area contributed by atoms with Gasteiger partial charge in [0.2, 0.25) is 0 Å². The summed E-state index contributed by atoms with van der Waals surface area (Å²) in [4.78, 5) is 0. The number of rotatable bonds is 2. The molecular formula is C17H14O. The Hall–Kier alpha value is -2.28. The van der Waals surface area contributed by atoms with Crippen molar-refractivity contribution in [1.82, 2.24) is 0 Å². The van der Waals surface area contributed by atoms with Gasteiger partial charge in [0, 0.05) is 5.56 Å². The Balaban J connectivity index is 1.94. The highest BCUT2D eigenvalue weighted by Gasteiger charge is 2.03. The van der Waals surface area contributed by atoms with E-state index < -0.39 is 0 Å². The van der Waals surface area contributed by atoms with E-state index in [4.69, 9.17) is 4.42 Å². The molecule has 0 unspecified atom stereocenters. The van der Waals surface area contributed by atoms with Crippen molar-refractivity contribution in [3.05, 3.63) is 72.5 Å². The molecule has 0 radical (unpaired) electrons. The molecule has 1 heterocycles. The van der Waals surface area contributed by atoms with Crippen LogP contribution in [0, 0.1) is 6.92 Å². The van der Waals surface area contributed by atoms with E-state index in [0.717, 1.165) is 17.1 Å². The van der Waals surface area contributed by atoms with Crippen LogP contribution in [0.4, 0.5) is 0 Å². The van der Waals surface area contributed by atoms with Crippen molar-refractivity contribution in [1.29, 1.82) is 0 Å². The molecule has 2 aromatic carbocycles. The zero-order valence-corrected chi connectivity index (χ0v) is 10.3. The molecule has 1 nitrogen and oxygen atoms in total. The van der Waals surface area contributed by atoms with Crippen LogP contribution in [0.1, 0.15) is 5.76 Å². The average Bonchev–Trinajstić information content (AvgIpc) is 2.87. The van der Waals surface area contributed by atoms with Gasteiger partial charge < -0.3 is 4.42 Å². The predicted molar refractivity (Wildman–Crippen MR) is 74.3 cm³/mol. The summed E-state index contributed by atoms with van der Waals surface area (Å²) in [5, 5.41) is 0. The summed E-state index contributed by atoms with van der Waals surface area (Å²) < 4.78 is 5.62. The van der Waals surface area contributed by atoms with Crippen LogP contribution in [0.5, 0.6) is 0 Å². The van der Waals surface area contributed by atoms with Crippen LogP contribution in [-0.2, 0) is 0 Å². The quantitative estimate of drug-likeness (QED) is 0.613. The molecule has 0 aliphatic carbocycles. The van der Waals surface area contributed by atoms with Gasteiger partial charge in [0.05, 0.1) is 0 Å². The second kappa shape index (κ2) is 4.53. The lowest BCUT2D eigenvalue weighted by Gasteiger charge is -2.02. The molecule has 18 heavy (non-hydrogen) atoms. The zero-order valence-electron chi connectivity index (χ0n) is 10.3. The SMILES string of the molecule is Cc1ccc(-c2ccc(-c3ccccc3)cc2)o1. The normalized spacial score (nSPS) is 10.5. The maximum Gasteiger partial charge on any atom is 0.134 e. The first kappa shape index (κ1) is 10.8. The van der Waals surface area contributed by atoms with Crippen molar-refractivity contribution < 1.29 is 4.42 Å². The van der Waals surface area contributed by atoms with E-state index in [-0.39, 0.29) is 0 Å². The Morgan fingerprint density at radius 2 is 1.22 bits per heavy atom. The fourth-order valence-corrected chi connectivity index (χ4v) is 2.05. The Morgan fingerprint density at radius 3 is 1.83 bits per heavy atom. The third kappa shape index (κ3) is 2.07. The van der Waals surface area contributed by atoms with Gasteiger partial charge in [-0.2, -0.15) is 0 Å². The fraction of sp³-hybridized carbons (Fsp3) is 0.0588. The maximum absolute atomic E-state index is 5.62. The van der Waals surface area contributed by atoms with E-state index in [1.54, 1.807) is 0 Å². The molecular weight excluding hydrogens is 220 g/mol. The van der Waals surface area contributed by atoms with Crippen molar-refractivity contribution in [3.63, 3.8) is 0 Å². The molecule has 3 aromatic rings. The highest BCUT2D eigenvalue weighted by atomic mass is 16.3. The van der Waals surface area contributed by atoms with Crippen molar-refractivity contribution in [2.45, 2.75) is 6.92 Å². The zero-order chi connectivity index (χ0) is 12.4. The summed E-state index contributed by atoms with van der Waals surface area (Å²) in [5.74, 6) is 1.87. The van der Waals surface area contributed by atoms with E-state index in [0.29, 0.717) is 0 Å². The molecule has 0 amide bonds. The van der Waals surface area contributed by atoms with Gasteiger partial charge in [-0.1, -0.05) is 54.6 Å². The summed E-state index contributed by atoms with van der Waals surface area (Å²) >= 11 is 0. The third-order valence-electron chi connectivity index (χ3n) is 3.02. The minimum Gasteiger partial charge on any atom is -0.461 e. The van der Waals surface area contributed by atoms with Crippen molar-refractivity contribution in [2.75, 3.05) is 0 Å². The smallest absolute Gasteiger partial charge is 0.134 e. The largest absolute Gasteiger partial charge is 0.461 e. The number of hydrogen-bond donors (Lipinski definition) is 0. The van der Waals surface area contributed by atoms with Gasteiger partial charge >= 0.3 is 0 Å². The van der Waals surface area contributed by atoms with Crippen LogP contribution in [0.25, 0.3) is 22.5 Å². The lowest BCUT2D eigenvalue weighted by molar-refractivity contribution is 0.548. The fourth-order valence-electron chi connectivity index (χ4n) is 2.05. The molecule has 0 saturated heterocycles. The van der Waals surface area contributed by atoms with Gasteiger partial charge in [0.15, 0.2) is 0 Å². The van der Waals surface area contributed by atoms with E-state index in [1.807, 2.05) is 25.1 Å². The van der Waals surface area contributed by atoms with Gasteiger partial charge in [-0.25, -0.2) is 0 Å². The number of aryl methyl sites for hydroxylation is 1. The van der Waals surface area contributed by atoms with E-state index >= 15 is 0 Å². The summed E-state index contributed by atoms with van der Waals surface area (Å²) in [7, 11) is 0. The van der Waals surface area contributed by atoms with Crippen LogP contribution >= 0.6 is 0 Å². The Bertz CT molecular complexity index is 633. The van der Waals surface area contributed by atoms with Crippen molar-refractivity contribution >= 4 is 0 Å². The standard InChI is InChI=1S/C17H14O/c1-13-7-12-17(18-13)16-10-8-15(9-11-16)14-5-3-2-4-6-14/h2-12H,1H3. The summed E-state index contributed by atoms with van der Waals surface area (Å²) in [6.07, 6.45) is 0. The minimum atomic E-state index is 0.923. The molecule has 1 aromatic heterocycles. The van der Waals surface area contributed by atoms with Gasteiger partial charge in [-0.15, -0.1) is 0 Å². The molecule has 1 heteroatoms. The Labute approximate surface area is 107 Å². The van der Waals surface area contributed by atoms with Crippen molar-refractivity contribution in [3.8, 4) is 22.5 Å². The highest BCUT2D eigenvalue weighted by Crippen LogP contribution is 2.25. The van der Waals surface area contributed by atoms with Crippen LogP contribution in [0.15, 0.2) is 71.1 Å².